The Kier molecular flexibility index (Phi) is 3.39. The number of rotatable bonds is 2. The normalized spacial score (nSPS) is 21.9. The number of amides is 1. The molecule has 5 heteroatoms. The number of carbonyl (C=O) groups is 1. The molecule has 1 saturated carbocycles. The molecule has 2 aromatic heterocycles. The van der Waals surface area contributed by atoms with Gasteiger partial charge in [-0.3, -0.25) is 9.48 Å². The highest BCUT2D eigenvalue weighted by atomic mass is 16.2. The van der Waals surface area contributed by atoms with Crippen molar-refractivity contribution in [2.75, 3.05) is 6.54 Å². The van der Waals surface area contributed by atoms with E-state index in [1.807, 2.05) is 29.6 Å². The molecule has 2 fully saturated rings. The molecule has 5 nitrogen and oxygen atoms in total. The van der Waals surface area contributed by atoms with Crippen molar-refractivity contribution in [2.45, 2.75) is 57.9 Å². The van der Waals surface area contributed by atoms with Gasteiger partial charge in [0.1, 0.15) is 0 Å². The summed E-state index contributed by atoms with van der Waals surface area (Å²) in [5.74, 6) is 0.683. The maximum absolute atomic E-state index is 13.2. The third kappa shape index (κ3) is 2.42. The van der Waals surface area contributed by atoms with Gasteiger partial charge in [0.2, 0.25) is 0 Å². The van der Waals surface area contributed by atoms with Crippen LogP contribution in [0.3, 0.4) is 0 Å². The maximum Gasteiger partial charge on any atom is 0.254 e. The van der Waals surface area contributed by atoms with Gasteiger partial charge in [-0.2, -0.15) is 5.10 Å². The molecule has 1 aliphatic carbocycles. The molecule has 3 heterocycles. The second-order valence-corrected chi connectivity index (χ2v) is 7.12. The lowest BCUT2D eigenvalue weighted by Gasteiger charge is -2.33. The van der Waals surface area contributed by atoms with Crippen LogP contribution >= 0.6 is 0 Å². The number of likely N-dealkylation sites (tertiary alicyclic amines) is 1. The summed E-state index contributed by atoms with van der Waals surface area (Å²) >= 11 is 0. The third-order valence-electron chi connectivity index (χ3n) is 5.28. The van der Waals surface area contributed by atoms with Crippen molar-refractivity contribution < 1.29 is 4.79 Å². The van der Waals surface area contributed by atoms with Gasteiger partial charge in [0.05, 0.1) is 16.6 Å². The molecular formula is C18H24N4O. The molecule has 0 bridgehead atoms. The SMILES string of the molecule is Cc1nn(C)c2nc(C3CC3)cc(C(=O)N3CCCC[C@@H]3C)c12. The average Bonchev–Trinajstić information content (AvgIpc) is 3.34. The van der Waals surface area contributed by atoms with Crippen molar-refractivity contribution in [1.82, 2.24) is 19.7 Å². The zero-order valence-corrected chi connectivity index (χ0v) is 14.2. The fourth-order valence-electron chi connectivity index (χ4n) is 3.78. The van der Waals surface area contributed by atoms with E-state index in [0.717, 1.165) is 47.4 Å². The molecule has 0 N–H and O–H groups in total. The number of aromatic nitrogens is 3. The second kappa shape index (κ2) is 5.32. The van der Waals surface area contributed by atoms with E-state index in [2.05, 4.69) is 12.0 Å². The number of carbonyl (C=O) groups excluding carboxylic acids is 1. The van der Waals surface area contributed by atoms with Crippen molar-refractivity contribution in [2.24, 2.45) is 7.05 Å². The lowest BCUT2D eigenvalue weighted by Crippen LogP contribution is -2.42. The minimum Gasteiger partial charge on any atom is -0.336 e. The number of piperidine rings is 1. The van der Waals surface area contributed by atoms with E-state index in [0.29, 0.717) is 12.0 Å². The van der Waals surface area contributed by atoms with E-state index in [4.69, 9.17) is 4.98 Å². The van der Waals surface area contributed by atoms with Crippen LogP contribution in [-0.4, -0.2) is 38.2 Å². The fourth-order valence-corrected chi connectivity index (χ4v) is 3.78. The number of aryl methyl sites for hydroxylation is 2. The van der Waals surface area contributed by atoms with Gasteiger partial charge >= 0.3 is 0 Å². The highest BCUT2D eigenvalue weighted by molar-refractivity contribution is 6.06. The average molecular weight is 312 g/mol. The summed E-state index contributed by atoms with van der Waals surface area (Å²) < 4.78 is 1.81. The largest absolute Gasteiger partial charge is 0.336 e. The molecule has 2 aliphatic rings. The Balaban J connectivity index is 1.85. The quantitative estimate of drug-likeness (QED) is 0.856. The number of hydrogen-bond donors (Lipinski definition) is 0. The van der Waals surface area contributed by atoms with Crippen LogP contribution in [0, 0.1) is 6.92 Å². The first-order chi connectivity index (χ1) is 11.1. The zero-order chi connectivity index (χ0) is 16.1. The third-order valence-corrected chi connectivity index (χ3v) is 5.28. The molecule has 122 valence electrons. The molecule has 4 rings (SSSR count). The minimum absolute atomic E-state index is 0.155. The van der Waals surface area contributed by atoms with Gasteiger partial charge in [-0.05, 0) is 52.0 Å². The number of hydrogen-bond acceptors (Lipinski definition) is 3. The van der Waals surface area contributed by atoms with Gasteiger partial charge in [0.25, 0.3) is 5.91 Å². The van der Waals surface area contributed by atoms with Crippen LogP contribution in [0.4, 0.5) is 0 Å². The first-order valence-electron chi connectivity index (χ1n) is 8.71. The predicted molar refractivity (Wildman–Crippen MR) is 89.6 cm³/mol. The van der Waals surface area contributed by atoms with Gasteiger partial charge < -0.3 is 4.90 Å². The lowest BCUT2D eigenvalue weighted by atomic mass is 10.0. The maximum atomic E-state index is 13.2. The van der Waals surface area contributed by atoms with E-state index in [-0.39, 0.29) is 5.91 Å². The van der Waals surface area contributed by atoms with Gasteiger partial charge in [-0.25, -0.2) is 4.98 Å². The molecule has 1 aliphatic heterocycles. The second-order valence-electron chi connectivity index (χ2n) is 7.12. The first-order valence-corrected chi connectivity index (χ1v) is 8.71. The van der Waals surface area contributed by atoms with Gasteiger partial charge in [-0.1, -0.05) is 0 Å². The summed E-state index contributed by atoms with van der Waals surface area (Å²) in [7, 11) is 1.91. The van der Waals surface area contributed by atoms with Crippen molar-refractivity contribution >= 4 is 16.9 Å². The smallest absolute Gasteiger partial charge is 0.254 e. The molecule has 1 saturated heterocycles. The summed E-state index contributed by atoms with van der Waals surface area (Å²) in [5, 5.41) is 5.43. The molecular weight excluding hydrogens is 288 g/mol. The minimum atomic E-state index is 0.155. The van der Waals surface area contributed by atoms with E-state index in [1.165, 1.54) is 19.3 Å². The Morgan fingerprint density at radius 2 is 2.04 bits per heavy atom. The first kappa shape index (κ1) is 14.7. The zero-order valence-electron chi connectivity index (χ0n) is 14.2. The Morgan fingerprint density at radius 3 is 2.74 bits per heavy atom. The molecule has 2 aromatic rings. The van der Waals surface area contributed by atoms with Crippen LogP contribution in [-0.2, 0) is 7.05 Å². The summed E-state index contributed by atoms with van der Waals surface area (Å²) in [6.07, 6.45) is 5.79. The van der Waals surface area contributed by atoms with E-state index in [1.54, 1.807) is 0 Å². The Bertz CT molecular complexity index is 775. The van der Waals surface area contributed by atoms with E-state index >= 15 is 0 Å². The number of pyridine rings is 1. The standard InChI is InChI=1S/C18H24N4O/c1-11-6-4-5-9-22(11)18(23)14-10-15(13-7-8-13)19-17-16(14)12(2)20-21(17)3/h10-11,13H,4-9H2,1-3H3/t11-/m0/s1. The summed E-state index contributed by atoms with van der Waals surface area (Å²) in [5.41, 5.74) is 3.61. The predicted octanol–water partition coefficient (Wildman–Crippen LogP) is 3.17. The lowest BCUT2D eigenvalue weighted by molar-refractivity contribution is 0.0637. The van der Waals surface area contributed by atoms with Crippen LogP contribution < -0.4 is 0 Å². The molecule has 0 radical (unpaired) electrons. The van der Waals surface area contributed by atoms with Crippen LogP contribution in [0.1, 0.15) is 66.7 Å². The summed E-state index contributed by atoms with van der Waals surface area (Å²) in [4.78, 5) is 20.1. The van der Waals surface area contributed by atoms with E-state index in [9.17, 15) is 4.79 Å². The van der Waals surface area contributed by atoms with Crippen LogP contribution in [0.25, 0.3) is 11.0 Å². The van der Waals surface area contributed by atoms with Crippen LogP contribution in [0.15, 0.2) is 6.07 Å². The number of fused-ring (bicyclic) bond motifs is 1. The number of nitrogens with zero attached hydrogens (tertiary/aromatic N) is 4. The van der Waals surface area contributed by atoms with Crippen LogP contribution in [0.5, 0.6) is 0 Å². The fraction of sp³-hybridized carbons (Fsp3) is 0.611. The van der Waals surface area contributed by atoms with Gasteiger partial charge in [0, 0.05) is 31.2 Å². The topological polar surface area (TPSA) is 51.0 Å². The Morgan fingerprint density at radius 1 is 1.26 bits per heavy atom. The summed E-state index contributed by atoms with van der Waals surface area (Å²) in [6.45, 7) is 4.99. The monoisotopic (exact) mass is 312 g/mol. The summed E-state index contributed by atoms with van der Waals surface area (Å²) in [6, 6.07) is 2.36. The Hall–Kier alpha value is -1.91. The highest BCUT2D eigenvalue weighted by Gasteiger charge is 2.31. The molecule has 0 unspecified atom stereocenters. The molecule has 23 heavy (non-hydrogen) atoms. The Labute approximate surface area is 136 Å². The molecule has 1 atom stereocenters. The van der Waals surface area contributed by atoms with Crippen molar-refractivity contribution in [3.8, 4) is 0 Å². The van der Waals surface area contributed by atoms with Gasteiger partial charge in [-0.15, -0.1) is 0 Å². The molecule has 0 aromatic carbocycles. The van der Waals surface area contributed by atoms with Crippen molar-refractivity contribution in [3.63, 3.8) is 0 Å². The van der Waals surface area contributed by atoms with E-state index < -0.39 is 0 Å². The molecule has 0 spiro atoms. The van der Waals surface area contributed by atoms with Crippen LogP contribution in [0.2, 0.25) is 0 Å². The van der Waals surface area contributed by atoms with Gasteiger partial charge in [0.15, 0.2) is 5.65 Å². The molecule has 1 amide bonds. The van der Waals surface area contributed by atoms with Crippen molar-refractivity contribution in [3.05, 3.63) is 23.0 Å². The highest BCUT2D eigenvalue weighted by Crippen LogP contribution is 2.40. The van der Waals surface area contributed by atoms with Crippen molar-refractivity contribution in [1.29, 1.82) is 0 Å².